The van der Waals surface area contributed by atoms with Gasteiger partial charge >= 0.3 is 0 Å². The molecule has 0 bridgehead atoms. The zero-order valence-electron chi connectivity index (χ0n) is 12.8. The van der Waals surface area contributed by atoms with Gasteiger partial charge in [-0.25, -0.2) is 8.42 Å². The van der Waals surface area contributed by atoms with Gasteiger partial charge in [-0.15, -0.1) is 0 Å². The summed E-state index contributed by atoms with van der Waals surface area (Å²) in [5.41, 5.74) is 1.76. The molecule has 0 aliphatic rings. The van der Waals surface area contributed by atoms with Gasteiger partial charge in [0.15, 0.2) is 0 Å². The maximum absolute atomic E-state index is 11.4. The van der Waals surface area contributed by atoms with Crippen molar-refractivity contribution in [3.63, 3.8) is 0 Å². The maximum atomic E-state index is 11.4. The second-order valence-electron chi connectivity index (χ2n) is 6.26. The molecule has 1 rings (SSSR count). The Kier molecular flexibility index (Phi) is 5.50. The highest BCUT2D eigenvalue weighted by Gasteiger charge is 2.17. The van der Waals surface area contributed by atoms with Gasteiger partial charge in [-0.1, -0.05) is 20.8 Å². The lowest BCUT2D eigenvalue weighted by molar-refractivity contribution is 0.267. The standard InChI is InChI=1S/C15H23ClO3S/c1-11-12(2)14(20(16,17)18)8-7-13(11)19-10-6-9-15(3,4)5/h7-8H,6,9-10H2,1-5H3. The van der Waals surface area contributed by atoms with Crippen LogP contribution in [0, 0.1) is 19.3 Å². The zero-order valence-corrected chi connectivity index (χ0v) is 14.4. The fourth-order valence-electron chi connectivity index (χ4n) is 1.98. The van der Waals surface area contributed by atoms with Gasteiger partial charge in [0.1, 0.15) is 5.75 Å². The molecule has 0 unspecified atom stereocenters. The summed E-state index contributed by atoms with van der Waals surface area (Å²) in [5, 5.41) is 0. The second kappa shape index (κ2) is 6.35. The van der Waals surface area contributed by atoms with E-state index in [9.17, 15) is 8.42 Å². The quantitative estimate of drug-likeness (QED) is 0.595. The first-order valence-corrected chi connectivity index (χ1v) is 9.01. The molecule has 0 aliphatic heterocycles. The van der Waals surface area contributed by atoms with E-state index in [4.69, 9.17) is 15.4 Å². The molecule has 0 spiro atoms. The third kappa shape index (κ3) is 4.98. The van der Waals surface area contributed by atoms with Crippen molar-refractivity contribution in [3.05, 3.63) is 23.3 Å². The summed E-state index contributed by atoms with van der Waals surface area (Å²) in [4.78, 5) is 0.152. The van der Waals surface area contributed by atoms with Crippen molar-refractivity contribution in [1.82, 2.24) is 0 Å². The maximum Gasteiger partial charge on any atom is 0.261 e. The molecule has 5 heteroatoms. The molecule has 0 saturated heterocycles. The lowest BCUT2D eigenvalue weighted by atomic mass is 9.91. The van der Waals surface area contributed by atoms with E-state index in [1.165, 1.54) is 6.07 Å². The average molecular weight is 319 g/mol. The summed E-state index contributed by atoms with van der Waals surface area (Å²) in [6.45, 7) is 10.8. The Morgan fingerprint density at radius 3 is 2.25 bits per heavy atom. The van der Waals surface area contributed by atoms with Gasteiger partial charge in [0.25, 0.3) is 9.05 Å². The largest absolute Gasteiger partial charge is 0.493 e. The summed E-state index contributed by atoms with van der Waals surface area (Å²) in [7, 11) is 1.70. The van der Waals surface area contributed by atoms with E-state index in [2.05, 4.69) is 20.8 Å². The van der Waals surface area contributed by atoms with Crippen LogP contribution < -0.4 is 4.74 Å². The number of hydrogen-bond donors (Lipinski definition) is 0. The topological polar surface area (TPSA) is 43.4 Å². The highest BCUT2D eigenvalue weighted by Crippen LogP contribution is 2.29. The smallest absolute Gasteiger partial charge is 0.261 e. The van der Waals surface area contributed by atoms with Gasteiger partial charge in [0.2, 0.25) is 0 Å². The Balaban J connectivity index is 2.77. The minimum absolute atomic E-state index is 0.152. The highest BCUT2D eigenvalue weighted by atomic mass is 35.7. The number of rotatable bonds is 5. The van der Waals surface area contributed by atoms with Gasteiger partial charge in [0, 0.05) is 10.7 Å². The van der Waals surface area contributed by atoms with Gasteiger partial charge in [-0.3, -0.25) is 0 Å². The fraction of sp³-hybridized carbons (Fsp3) is 0.600. The molecule has 0 radical (unpaired) electrons. The highest BCUT2D eigenvalue weighted by molar-refractivity contribution is 8.13. The first-order valence-electron chi connectivity index (χ1n) is 6.70. The molecule has 0 N–H and O–H groups in total. The van der Waals surface area contributed by atoms with Crippen LogP contribution in [0.25, 0.3) is 0 Å². The van der Waals surface area contributed by atoms with Gasteiger partial charge in [0.05, 0.1) is 11.5 Å². The molecular formula is C15H23ClO3S. The predicted octanol–water partition coefficient (Wildman–Crippen LogP) is 4.44. The van der Waals surface area contributed by atoms with Crippen LogP contribution >= 0.6 is 10.7 Å². The Hall–Kier alpha value is -0.740. The van der Waals surface area contributed by atoms with Crippen molar-refractivity contribution in [2.24, 2.45) is 5.41 Å². The summed E-state index contributed by atoms with van der Waals surface area (Å²) in [6.07, 6.45) is 2.05. The van der Waals surface area contributed by atoms with Crippen LogP contribution in [0.15, 0.2) is 17.0 Å². The number of ether oxygens (including phenoxy) is 1. The lowest BCUT2D eigenvalue weighted by Crippen LogP contribution is -2.08. The Morgan fingerprint density at radius 2 is 1.75 bits per heavy atom. The van der Waals surface area contributed by atoms with E-state index in [1.54, 1.807) is 13.0 Å². The molecule has 0 amide bonds. The average Bonchev–Trinajstić information content (AvgIpc) is 2.26. The zero-order chi connectivity index (χ0) is 15.6. The van der Waals surface area contributed by atoms with E-state index in [1.807, 2.05) is 6.92 Å². The summed E-state index contributed by atoms with van der Waals surface area (Å²) >= 11 is 0. The number of hydrogen-bond acceptors (Lipinski definition) is 3. The van der Waals surface area contributed by atoms with E-state index >= 15 is 0 Å². The van der Waals surface area contributed by atoms with Crippen LogP contribution in [0.4, 0.5) is 0 Å². The van der Waals surface area contributed by atoms with E-state index in [-0.39, 0.29) is 4.90 Å². The minimum Gasteiger partial charge on any atom is -0.493 e. The van der Waals surface area contributed by atoms with Crippen LogP contribution in [0.1, 0.15) is 44.7 Å². The molecule has 0 aliphatic carbocycles. The van der Waals surface area contributed by atoms with Crippen molar-refractivity contribution < 1.29 is 13.2 Å². The molecule has 0 fully saturated rings. The molecule has 0 aromatic heterocycles. The van der Waals surface area contributed by atoms with E-state index < -0.39 is 9.05 Å². The molecule has 0 heterocycles. The summed E-state index contributed by atoms with van der Waals surface area (Å²) < 4.78 is 28.6. The Labute approximate surface area is 126 Å². The van der Waals surface area contributed by atoms with Gasteiger partial charge < -0.3 is 4.74 Å². The van der Waals surface area contributed by atoms with Crippen LogP contribution in [0.3, 0.4) is 0 Å². The number of benzene rings is 1. The SMILES string of the molecule is Cc1c(OCCCC(C)(C)C)ccc(S(=O)(=O)Cl)c1C. The molecule has 1 aromatic rings. The molecule has 3 nitrogen and oxygen atoms in total. The molecule has 114 valence electrons. The van der Waals surface area contributed by atoms with Crippen LogP contribution in [-0.2, 0) is 9.05 Å². The third-order valence-electron chi connectivity index (χ3n) is 3.28. The van der Waals surface area contributed by atoms with Crippen LogP contribution in [0.5, 0.6) is 5.75 Å². The van der Waals surface area contributed by atoms with Crippen molar-refractivity contribution in [1.29, 1.82) is 0 Å². The Bertz CT molecular complexity index is 572. The third-order valence-corrected chi connectivity index (χ3v) is 4.75. The predicted molar refractivity (Wildman–Crippen MR) is 83.1 cm³/mol. The van der Waals surface area contributed by atoms with E-state index in [0.29, 0.717) is 17.6 Å². The Morgan fingerprint density at radius 1 is 1.15 bits per heavy atom. The molecular weight excluding hydrogens is 296 g/mol. The van der Waals surface area contributed by atoms with Crippen molar-refractivity contribution in [3.8, 4) is 5.75 Å². The normalized spacial score (nSPS) is 12.5. The lowest BCUT2D eigenvalue weighted by Gasteiger charge is -2.18. The van der Waals surface area contributed by atoms with Gasteiger partial charge in [-0.2, -0.15) is 0 Å². The second-order valence-corrected chi connectivity index (χ2v) is 8.80. The molecule has 1 aromatic carbocycles. The summed E-state index contributed by atoms with van der Waals surface area (Å²) in [6, 6.07) is 3.18. The molecule has 20 heavy (non-hydrogen) atoms. The van der Waals surface area contributed by atoms with E-state index in [0.717, 1.165) is 24.2 Å². The summed E-state index contributed by atoms with van der Waals surface area (Å²) in [5.74, 6) is 0.723. The monoisotopic (exact) mass is 318 g/mol. The fourth-order valence-corrected chi connectivity index (χ4v) is 3.23. The first kappa shape index (κ1) is 17.3. The van der Waals surface area contributed by atoms with Crippen LogP contribution in [0.2, 0.25) is 0 Å². The molecule has 0 atom stereocenters. The molecule has 0 saturated carbocycles. The van der Waals surface area contributed by atoms with Crippen molar-refractivity contribution in [2.75, 3.05) is 6.61 Å². The van der Waals surface area contributed by atoms with Gasteiger partial charge in [-0.05, 0) is 55.4 Å². The van der Waals surface area contributed by atoms with Crippen LogP contribution in [-0.4, -0.2) is 15.0 Å². The number of halogens is 1. The minimum atomic E-state index is -3.70. The first-order chi connectivity index (χ1) is 9.02. The van der Waals surface area contributed by atoms with Crippen molar-refractivity contribution in [2.45, 2.75) is 52.4 Å². The van der Waals surface area contributed by atoms with Crippen molar-refractivity contribution >= 4 is 19.7 Å².